The van der Waals surface area contributed by atoms with Crippen molar-refractivity contribution >= 4 is 5.91 Å². The number of carbonyl (C=O) groups is 1. The van der Waals surface area contributed by atoms with Crippen molar-refractivity contribution in [1.82, 2.24) is 15.5 Å². The van der Waals surface area contributed by atoms with E-state index < -0.39 is 0 Å². The van der Waals surface area contributed by atoms with Gasteiger partial charge in [0.15, 0.2) is 0 Å². The van der Waals surface area contributed by atoms with Gasteiger partial charge in [-0.3, -0.25) is 9.89 Å². The monoisotopic (exact) mass is 285 g/mol. The zero-order valence-electron chi connectivity index (χ0n) is 13.6. The maximum Gasteiger partial charge on any atom is 0.252 e. The minimum Gasteiger partial charge on any atom is -0.348 e. The van der Waals surface area contributed by atoms with Crippen molar-refractivity contribution in [3.05, 3.63) is 50.8 Å². The van der Waals surface area contributed by atoms with Crippen LogP contribution in [0.25, 0.3) is 0 Å². The number of aryl methyl sites for hydroxylation is 1. The van der Waals surface area contributed by atoms with Gasteiger partial charge in [0, 0.05) is 23.4 Å². The number of nitrogens with zero attached hydrogens (tertiary/aromatic N) is 1. The van der Waals surface area contributed by atoms with E-state index in [1.165, 1.54) is 16.7 Å². The number of aromatic nitrogens is 2. The Bertz CT molecular complexity index is 669. The second kappa shape index (κ2) is 5.72. The molecule has 1 amide bonds. The summed E-state index contributed by atoms with van der Waals surface area (Å²) < 4.78 is 0. The van der Waals surface area contributed by atoms with Crippen molar-refractivity contribution in [2.45, 2.75) is 48.1 Å². The topological polar surface area (TPSA) is 57.8 Å². The molecule has 112 valence electrons. The molecule has 0 saturated heterocycles. The number of hydrogen-bond donors (Lipinski definition) is 2. The molecule has 0 radical (unpaired) electrons. The molecule has 0 bridgehead atoms. The zero-order valence-corrected chi connectivity index (χ0v) is 13.6. The molecule has 0 aliphatic heterocycles. The molecule has 0 saturated carbocycles. The van der Waals surface area contributed by atoms with Crippen LogP contribution in [-0.2, 0) is 6.54 Å². The molecule has 0 unspecified atom stereocenters. The lowest BCUT2D eigenvalue weighted by Crippen LogP contribution is -2.25. The van der Waals surface area contributed by atoms with Crippen LogP contribution in [0.5, 0.6) is 0 Å². The predicted octanol–water partition coefficient (Wildman–Crippen LogP) is 3.19. The minimum atomic E-state index is -0.0169. The Morgan fingerprint density at radius 3 is 2.00 bits per heavy atom. The van der Waals surface area contributed by atoms with Crippen LogP contribution in [0.1, 0.15) is 49.4 Å². The normalized spacial score (nSPS) is 10.8. The molecule has 2 rings (SSSR count). The van der Waals surface area contributed by atoms with Gasteiger partial charge in [0.2, 0.25) is 0 Å². The van der Waals surface area contributed by atoms with Crippen LogP contribution in [0.15, 0.2) is 6.20 Å². The van der Waals surface area contributed by atoms with E-state index in [0.29, 0.717) is 6.54 Å². The van der Waals surface area contributed by atoms with Gasteiger partial charge in [-0.05, 0) is 69.4 Å². The largest absolute Gasteiger partial charge is 0.348 e. The van der Waals surface area contributed by atoms with E-state index in [2.05, 4.69) is 36.3 Å². The number of benzene rings is 1. The highest BCUT2D eigenvalue weighted by molar-refractivity contribution is 5.98. The van der Waals surface area contributed by atoms with Crippen LogP contribution in [-0.4, -0.2) is 16.1 Å². The lowest BCUT2D eigenvalue weighted by molar-refractivity contribution is 0.0949. The number of amides is 1. The van der Waals surface area contributed by atoms with Crippen molar-refractivity contribution in [3.8, 4) is 0 Å². The summed E-state index contributed by atoms with van der Waals surface area (Å²) in [7, 11) is 0. The quantitative estimate of drug-likeness (QED) is 0.910. The Balaban J connectivity index is 2.30. The highest BCUT2D eigenvalue weighted by Gasteiger charge is 2.18. The third-order valence-corrected chi connectivity index (χ3v) is 4.60. The van der Waals surface area contributed by atoms with Gasteiger partial charge in [-0.25, -0.2) is 0 Å². The zero-order chi connectivity index (χ0) is 15.7. The number of carbonyl (C=O) groups excluding carboxylic acids is 1. The first-order valence-electron chi connectivity index (χ1n) is 7.18. The minimum absolute atomic E-state index is 0.0169. The summed E-state index contributed by atoms with van der Waals surface area (Å²) in [6.45, 7) is 12.8. The maximum atomic E-state index is 12.6. The van der Waals surface area contributed by atoms with E-state index in [1.807, 2.05) is 20.8 Å². The first-order chi connectivity index (χ1) is 9.84. The third kappa shape index (κ3) is 2.71. The van der Waals surface area contributed by atoms with Crippen molar-refractivity contribution in [2.75, 3.05) is 0 Å². The predicted molar refractivity (Wildman–Crippen MR) is 84.6 cm³/mol. The summed E-state index contributed by atoms with van der Waals surface area (Å²) in [6, 6.07) is 0. The molecule has 0 aliphatic rings. The Labute approximate surface area is 126 Å². The summed E-state index contributed by atoms with van der Waals surface area (Å²) in [4.78, 5) is 12.6. The summed E-state index contributed by atoms with van der Waals surface area (Å²) in [5, 5.41) is 9.85. The van der Waals surface area contributed by atoms with Gasteiger partial charge in [0.1, 0.15) is 0 Å². The SMILES string of the molecule is Cc1[nH]ncc1CNC(=O)c1c(C)c(C)c(C)c(C)c1C. The molecule has 2 N–H and O–H groups in total. The number of H-pyrrole nitrogens is 1. The van der Waals surface area contributed by atoms with Gasteiger partial charge in [0.05, 0.1) is 6.20 Å². The van der Waals surface area contributed by atoms with E-state index in [4.69, 9.17) is 0 Å². The smallest absolute Gasteiger partial charge is 0.252 e. The highest BCUT2D eigenvalue weighted by atomic mass is 16.1. The van der Waals surface area contributed by atoms with E-state index >= 15 is 0 Å². The molecular weight excluding hydrogens is 262 g/mol. The third-order valence-electron chi connectivity index (χ3n) is 4.60. The van der Waals surface area contributed by atoms with Crippen LogP contribution in [0.4, 0.5) is 0 Å². The van der Waals surface area contributed by atoms with E-state index in [0.717, 1.165) is 27.9 Å². The van der Waals surface area contributed by atoms with E-state index in [1.54, 1.807) is 6.20 Å². The summed E-state index contributed by atoms with van der Waals surface area (Å²) in [6.07, 6.45) is 1.75. The van der Waals surface area contributed by atoms with Gasteiger partial charge in [-0.2, -0.15) is 5.10 Å². The number of rotatable bonds is 3. The molecular formula is C17H23N3O. The second-order valence-corrected chi connectivity index (χ2v) is 5.70. The lowest BCUT2D eigenvalue weighted by atomic mass is 9.89. The molecule has 0 fully saturated rings. The molecule has 1 aromatic carbocycles. The Hall–Kier alpha value is -2.10. The summed E-state index contributed by atoms with van der Waals surface area (Å²) in [5.74, 6) is -0.0169. The van der Waals surface area contributed by atoms with Crippen LogP contribution in [0, 0.1) is 41.5 Å². The molecule has 4 nitrogen and oxygen atoms in total. The fraction of sp³-hybridized carbons (Fsp3) is 0.412. The Morgan fingerprint density at radius 1 is 1.00 bits per heavy atom. The lowest BCUT2D eigenvalue weighted by Gasteiger charge is -2.18. The molecule has 0 spiro atoms. The van der Waals surface area contributed by atoms with Gasteiger partial charge in [-0.1, -0.05) is 0 Å². The van der Waals surface area contributed by atoms with Gasteiger partial charge >= 0.3 is 0 Å². The number of nitrogens with one attached hydrogen (secondary N) is 2. The van der Waals surface area contributed by atoms with E-state index in [9.17, 15) is 4.79 Å². The van der Waals surface area contributed by atoms with Crippen LogP contribution >= 0.6 is 0 Å². The van der Waals surface area contributed by atoms with Crippen molar-refractivity contribution in [2.24, 2.45) is 0 Å². The average Bonchev–Trinajstić information content (AvgIpc) is 2.86. The van der Waals surface area contributed by atoms with Crippen LogP contribution in [0.3, 0.4) is 0 Å². The molecule has 0 aliphatic carbocycles. The first-order valence-corrected chi connectivity index (χ1v) is 7.18. The van der Waals surface area contributed by atoms with Gasteiger partial charge < -0.3 is 5.32 Å². The maximum absolute atomic E-state index is 12.6. The van der Waals surface area contributed by atoms with Crippen LogP contribution in [0.2, 0.25) is 0 Å². The molecule has 2 aromatic rings. The Morgan fingerprint density at radius 2 is 1.52 bits per heavy atom. The highest BCUT2D eigenvalue weighted by Crippen LogP contribution is 2.26. The second-order valence-electron chi connectivity index (χ2n) is 5.70. The molecule has 0 atom stereocenters. The van der Waals surface area contributed by atoms with Crippen molar-refractivity contribution in [3.63, 3.8) is 0 Å². The fourth-order valence-corrected chi connectivity index (χ4v) is 2.66. The number of hydrogen-bond acceptors (Lipinski definition) is 2. The average molecular weight is 285 g/mol. The molecule has 1 heterocycles. The standard InChI is InChI=1S/C17H23N3O/c1-9-10(2)12(4)16(13(5)11(9)3)17(21)18-7-15-8-19-20-14(15)6/h8H,7H2,1-6H3,(H,18,21)(H,19,20). The Kier molecular flexibility index (Phi) is 4.16. The van der Waals surface area contributed by atoms with Crippen molar-refractivity contribution < 1.29 is 4.79 Å². The molecule has 1 aromatic heterocycles. The number of aromatic amines is 1. The summed E-state index contributed by atoms with van der Waals surface area (Å²) in [5.41, 5.74) is 8.60. The fourth-order valence-electron chi connectivity index (χ4n) is 2.66. The molecule has 21 heavy (non-hydrogen) atoms. The van der Waals surface area contributed by atoms with Gasteiger partial charge in [-0.15, -0.1) is 0 Å². The molecule has 4 heteroatoms. The van der Waals surface area contributed by atoms with E-state index in [-0.39, 0.29) is 5.91 Å². The van der Waals surface area contributed by atoms with Crippen LogP contribution < -0.4 is 5.32 Å². The first kappa shape index (κ1) is 15.3. The van der Waals surface area contributed by atoms with Crippen molar-refractivity contribution in [1.29, 1.82) is 0 Å². The van der Waals surface area contributed by atoms with Gasteiger partial charge in [0.25, 0.3) is 5.91 Å². The summed E-state index contributed by atoms with van der Waals surface area (Å²) >= 11 is 0.